The highest BCUT2D eigenvalue weighted by Gasteiger charge is 1.96. The number of hydrogen-bond acceptors (Lipinski definition) is 0. The van der Waals surface area contributed by atoms with Crippen LogP contribution in [0.4, 0.5) is 4.39 Å². The maximum absolute atomic E-state index is 12.4. The summed E-state index contributed by atoms with van der Waals surface area (Å²) >= 11 is 0. The lowest BCUT2D eigenvalue weighted by Crippen LogP contribution is -1.85. The Bertz CT molecular complexity index is 231. The van der Waals surface area contributed by atoms with Crippen LogP contribution in [0.25, 0.3) is 0 Å². The van der Waals surface area contributed by atoms with E-state index in [0.29, 0.717) is 5.92 Å². The third-order valence-electron chi connectivity index (χ3n) is 1.54. The van der Waals surface area contributed by atoms with Crippen molar-refractivity contribution in [3.63, 3.8) is 0 Å². The SMILES string of the molecule is CC(C)C.CC(C)c1ccc(F)cc1. The molecule has 0 fully saturated rings. The lowest BCUT2D eigenvalue weighted by atomic mass is 10.0. The van der Waals surface area contributed by atoms with Gasteiger partial charge in [-0.05, 0) is 29.5 Å². The molecule has 1 rings (SSSR count). The molecule has 0 saturated carbocycles. The molecule has 0 atom stereocenters. The third kappa shape index (κ3) is 6.64. The molecule has 0 radical (unpaired) electrons. The van der Waals surface area contributed by atoms with Crippen LogP contribution in [0.1, 0.15) is 46.1 Å². The number of halogens is 1. The summed E-state index contributed by atoms with van der Waals surface area (Å²) in [5, 5.41) is 0. The Morgan fingerprint density at radius 2 is 1.21 bits per heavy atom. The highest BCUT2D eigenvalue weighted by Crippen LogP contribution is 2.13. The molecule has 80 valence electrons. The second-order valence-electron chi connectivity index (χ2n) is 4.44. The van der Waals surface area contributed by atoms with Gasteiger partial charge in [0, 0.05) is 0 Å². The summed E-state index contributed by atoms with van der Waals surface area (Å²) in [6.07, 6.45) is 0. The van der Waals surface area contributed by atoms with Gasteiger partial charge in [0.15, 0.2) is 0 Å². The van der Waals surface area contributed by atoms with E-state index >= 15 is 0 Å². The summed E-state index contributed by atoms with van der Waals surface area (Å²) in [6.45, 7) is 10.7. The summed E-state index contributed by atoms with van der Waals surface area (Å²) in [5.41, 5.74) is 1.18. The number of benzene rings is 1. The molecule has 0 N–H and O–H groups in total. The second kappa shape index (κ2) is 6.58. The van der Waals surface area contributed by atoms with Gasteiger partial charge < -0.3 is 0 Å². The Labute approximate surface area is 87.2 Å². The fourth-order valence-electron chi connectivity index (χ4n) is 0.848. The van der Waals surface area contributed by atoms with Crippen LogP contribution in [-0.4, -0.2) is 0 Å². The topological polar surface area (TPSA) is 0 Å². The predicted octanol–water partition coefficient (Wildman–Crippen LogP) is 4.61. The van der Waals surface area contributed by atoms with Crippen LogP contribution >= 0.6 is 0 Å². The quantitative estimate of drug-likeness (QED) is 0.615. The van der Waals surface area contributed by atoms with Crippen molar-refractivity contribution in [3.8, 4) is 0 Å². The Morgan fingerprint density at radius 3 is 1.50 bits per heavy atom. The largest absolute Gasteiger partial charge is 0.207 e. The van der Waals surface area contributed by atoms with Gasteiger partial charge >= 0.3 is 0 Å². The van der Waals surface area contributed by atoms with Crippen molar-refractivity contribution in [2.45, 2.75) is 40.5 Å². The molecule has 0 saturated heterocycles. The molecular formula is C13H21F. The van der Waals surface area contributed by atoms with Gasteiger partial charge in [0.1, 0.15) is 5.82 Å². The Morgan fingerprint density at radius 1 is 0.857 bits per heavy atom. The number of hydrogen-bond donors (Lipinski definition) is 0. The molecule has 0 heterocycles. The maximum atomic E-state index is 12.4. The van der Waals surface area contributed by atoms with Gasteiger partial charge in [-0.25, -0.2) is 4.39 Å². The van der Waals surface area contributed by atoms with Gasteiger partial charge in [-0.1, -0.05) is 46.8 Å². The minimum Gasteiger partial charge on any atom is -0.207 e. The van der Waals surface area contributed by atoms with E-state index in [4.69, 9.17) is 0 Å². The van der Waals surface area contributed by atoms with Crippen molar-refractivity contribution in [3.05, 3.63) is 35.6 Å². The molecule has 0 bridgehead atoms. The average Bonchev–Trinajstić information content (AvgIpc) is 2.03. The van der Waals surface area contributed by atoms with Crippen molar-refractivity contribution >= 4 is 0 Å². The van der Waals surface area contributed by atoms with Crippen molar-refractivity contribution in [2.75, 3.05) is 0 Å². The average molecular weight is 196 g/mol. The normalized spacial score (nSPS) is 10.0. The van der Waals surface area contributed by atoms with Crippen LogP contribution < -0.4 is 0 Å². The minimum absolute atomic E-state index is 0.163. The molecule has 0 aliphatic heterocycles. The molecule has 1 aromatic rings. The smallest absolute Gasteiger partial charge is 0.123 e. The summed E-state index contributed by atoms with van der Waals surface area (Å²) in [6, 6.07) is 6.63. The molecule has 0 amide bonds. The van der Waals surface area contributed by atoms with Crippen molar-refractivity contribution in [1.82, 2.24) is 0 Å². The lowest BCUT2D eigenvalue weighted by molar-refractivity contribution is 0.626. The van der Waals surface area contributed by atoms with E-state index in [9.17, 15) is 4.39 Å². The van der Waals surface area contributed by atoms with Gasteiger partial charge in [-0.15, -0.1) is 0 Å². The lowest BCUT2D eigenvalue weighted by Gasteiger charge is -2.02. The summed E-state index contributed by atoms with van der Waals surface area (Å²) < 4.78 is 12.4. The second-order valence-corrected chi connectivity index (χ2v) is 4.44. The first-order valence-electron chi connectivity index (χ1n) is 5.19. The first-order valence-corrected chi connectivity index (χ1v) is 5.19. The molecule has 0 aromatic heterocycles. The van der Waals surface area contributed by atoms with Crippen molar-refractivity contribution in [2.24, 2.45) is 5.92 Å². The molecule has 0 aliphatic carbocycles. The zero-order valence-electron chi connectivity index (χ0n) is 9.84. The standard InChI is InChI=1S/C9H11F.C4H10/c1-7(2)8-3-5-9(10)6-4-8;1-4(2)3/h3-7H,1-2H3;4H,1-3H3. The molecule has 1 aromatic carbocycles. The molecule has 14 heavy (non-hydrogen) atoms. The first kappa shape index (κ1) is 13.2. The first-order chi connectivity index (χ1) is 6.43. The van der Waals surface area contributed by atoms with Gasteiger partial charge in [0.2, 0.25) is 0 Å². The van der Waals surface area contributed by atoms with Crippen LogP contribution in [0, 0.1) is 11.7 Å². The fourth-order valence-corrected chi connectivity index (χ4v) is 0.848. The van der Waals surface area contributed by atoms with E-state index in [1.54, 1.807) is 0 Å². The molecule has 0 aliphatic rings. The van der Waals surface area contributed by atoms with Crippen LogP contribution in [0.3, 0.4) is 0 Å². The summed E-state index contributed by atoms with van der Waals surface area (Å²) in [5.74, 6) is 1.16. The van der Waals surface area contributed by atoms with Gasteiger partial charge in [0.25, 0.3) is 0 Å². The monoisotopic (exact) mass is 196 g/mol. The van der Waals surface area contributed by atoms with E-state index in [1.165, 1.54) is 17.7 Å². The summed E-state index contributed by atoms with van der Waals surface area (Å²) in [4.78, 5) is 0. The van der Waals surface area contributed by atoms with E-state index in [0.717, 1.165) is 5.92 Å². The predicted molar refractivity (Wildman–Crippen MR) is 61.0 cm³/mol. The van der Waals surface area contributed by atoms with Crippen LogP contribution in [-0.2, 0) is 0 Å². The van der Waals surface area contributed by atoms with Gasteiger partial charge in [-0.3, -0.25) is 0 Å². The highest BCUT2D eigenvalue weighted by molar-refractivity contribution is 5.18. The van der Waals surface area contributed by atoms with E-state index < -0.39 is 0 Å². The van der Waals surface area contributed by atoms with Gasteiger partial charge in [0.05, 0.1) is 0 Å². The molecule has 0 unspecified atom stereocenters. The molecule has 0 spiro atoms. The zero-order valence-corrected chi connectivity index (χ0v) is 9.84. The van der Waals surface area contributed by atoms with Crippen molar-refractivity contribution < 1.29 is 4.39 Å². The summed E-state index contributed by atoms with van der Waals surface area (Å²) in [7, 11) is 0. The van der Waals surface area contributed by atoms with Crippen LogP contribution in [0.5, 0.6) is 0 Å². The van der Waals surface area contributed by atoms with Crippen LogP contribution in [0.2, 0.25) is 0 Å². The van der Waals surface area contributed by atoms with Crippen LogP contribution in [0.15, 0.2) is 24.3 Å². The van der Waals surface area contributed by atoms with E-state index in [1.807, 2.05) is 12.1 Å². The molecule has 1 heteroatoms. The number of rotatable bonds is 1. The maximum Gasteiger partial charge on any atom is 0.123 e. The fraction of sp³-hybridized carbons (Fsp3) is 0.538. The zero-order chi connectivity index (χ0) is 11.1. The minimum atomic E-state index is -0.163. The van der Waals surface area contributed by atoms with Gasteiger partial charge in [-0.2, -0.15) is 0 Å². The third-order valence-corrected chi connectivity index (χ3v) is 1.54. The Kier molecular flexibility index (Phi) is 6.18. The Hall–Kier alpha value is -0.850. The van der Waals surface area contributed by atoms with Crippen molar-refractivity contribution in [1.29, 1.82) is 0 Å². The van der Waals surface area contributed by atoms with E-state index in [2.05, 4.69) is 34.6 Å². The molecular weight excluding hydrogens is 175 g/mol. The highest BCUT2D eigenvalue weighted by atomic mass is 19.1. The Balaban J connectivity index is 0.000000364. The molecule has 0 nitrogen and oxygen atoms in total. The van der Waals surface area contributed by atoms with E-state index in [-0.39, 0.29) is 5.82 Å².